The van der Waals surface area contributed by atoms with Gasteiger partial charge in [0.2, 0.25) is 0 Å². The monoisotopic (exact) mass is 432 g/mol. The summed E-state index contributed by atoms with van der Waals surface area (Å²) in [5.74, 6) is 1.82. The van der Waals surface area contributed by atoms with Crippen LogP contribution < -0.4 is 15.4 Å². The molecule has 0 saturated carbocycles. The molecule has 2 N–H and O–H groups in total. The van der Waals surface area contributed by atoms with Gasteiger partial charge in [-0.15, -0.1) is 24.0 Å². The number of likely N-dealkylation sites (N-methyl/N-ethyl adjacent to an activating group) is 1. The van der Waals surface area contributed by atoms with Crippen LogP contribution in [0.4, 0.5) is 0 Å². The van der Waals surface area contributed by atoms with Gasteiger partial charge in [-0.2, -0.15) is 0 Å². The molecule has 0 aromatic heterocycles. The van der Waals surface area contributed by atoms with E-state index in [1.165, 1.54) is 5.56 Å². The van der Waals surface area contributed by atoms with Gasteiger partial charge in [0.05, 0.1) is 6.54 Å². The van der Waals surface area contributed by atoms with Gasteiger partial charge in [-0.25, -0.2) is 0 Å². The minimum absolute atomic E-state index is 0. The van der Waals surface area contributed by atoms with Crippen molar-refractivity contribution in [2.45, 2.75) is 31.9 Å². The second-order valence-corrected chi connectivity index (χ2v) is 6.57. The number of halogens is 1. The van der Waals surface area contributed by atoms with E-state index in [4.69, 9.17) is 4.74 Å². The number of nitrogens with zero attached hydrogens (tertiary/aromatic N) is 2. The van der Waals surface area contributed by atoms with Crippen LogP contribution in [0.5, 0.6) is 5.75 Å². The smallest absolute Gasteiger partial charge is 0.191 e. The molecule has 1 aromatic carbocycles. The topological polar surface area (TPSA) is 48.9 Å². The molecular formula is C17H29IN4O. The van der Waals surface area contributed by atoms with E-state index in [0.717, 1.165) is 31.2 Å². The molecule has 1 unspecified atom stereocenters. The van der Waals surface area contributed by atoms with Crippen molar-refractivity contribution in [3.63, 3.8) is 0 Å². The van der Waals surface area contributed by atoms with E-state index >= 15 is 0 Å². The Labute approximate surface area is 156 Å². The molecular weight excluding hydrogens is 403 g/mol. The van der Waals surface area contributed by atoms with E-state index in [9.17, 15) is 0 Å². The highest BCUT2D eigenvalue weighted by Gasteiger charge is 2.23. The average Bonchev–Trinajstić information content (AvgIpc) is 2.90. The molecule has 1 aromatic rings. The van der Waals surface area contributed by atoms with Crippen LogP contribution in [0.1, 0.15) is 19.4 Å². The quantitative estimate of drug-likeness (QED) is 0.425. The van der Waals surface area contributed by atoms with Crippen molar-refractivity contribution in [2.24, 2.45) is 4.99 Å². The maximum atomic E-state index is 5.93. The second-order valence-electron chi connectivity index (χ2n) is 6.57. The maximum Gasteiger partial charge on any atom is 0.191 e. The summed E-state index contributed by atoms with van der Waals surface area (Å²) in [7, 11) is 5.96. The Morgan fingerprint density at radius 3 is 2.61 bits per heavy atom. The van der Waals surface area contributed by atoms with Gasteiger partial charge in [-0.05, 0) is 39.6 Å². The Balaban J connectivity index is 0.00000264. The molecule has 130 valence electrons. The average molecular weight is 432 g/mol. The van der Waals surface area contributed by atoms with Gasteiger partial charge in [0.1, 0.15) is 11.9 Å². The Kier molecular flexibility index (Phi) is 7.60. The van der Waals surface area contributed by atoms with Crippen LogP contribution in [0.2, 0.25) is 0 Å². The van der Waals surface area contributed by atoms with E-state index in [1.54, 1.807) is 7.05 Å². The fourth-order valence-electron chi connectivity index (χ4n) is 2.26. The van der Waals surface area contributed by atoms with Crippen molar-refractivity contribution in [3.05, 3.63) is 29.8 Å². The lowest BCUT2D eigenvalue weighted by Gasteiger charge is -2.33. The van der Waals surface area contributed by atoms with Gasteiger partial charge in [-0.1, -0.05) is 18.2 Å². The molecule has 0 fully saturated rings. The van der Waals surface area contributed by atoms with Crippen LogP contribution in [0, 0.1) is 0 Å². The third-order valence-corrected chi connectivity index (χ3v) is 4.33. The van der Waals surface area contributed by atoms with Crippen molar-refractivity contribution in [1.29, 1.82) is 0 Å². The number of nitrogens with one attached hydrogen (secondary N) is 2. The molecule has 6 heteroatoms. The van der Waals surface area contributed by atoms with Crippen molar-refractivity contribution < 1.29 is 4.74 Å². The first-order valence-electron chi connectivity index (χ1n) is 7.79. The number of aliphatic imine (C=N–C) groups is 1. The highest BCUT2D eigenvalue weighted by Crippen LogP contribution is 2.27. The van der Waals surface area contributed by atoms with Crippen LogP contribution >= 0.6 is 24.0 Å². The van der Waals surface area contributed by atoms with Gasteiger partial charge >= 0.3 is 0 Å². The van der Waals surface area contributed by atoms with Crippen molar-refractivity contribution >= 4 is 29.9 Å². The standard InChI is InChI=1S/C17H28N4O.HI/c1-17(2,21(4)5)12-20-16(18-3)19-11-14-10-13-8-6-7-9-15(13)22-14;/h6-9,14H,10-12H2,1-5H3,(H2,18,19,20);1H. The van der Waals surface area contributed by atoms with Crippen LogP contribution in [0.15, 0.2) is 29.3 Å². The van der Waals surface area contributed by atoms with Crippen molar-refractivity contribution in [1.82, 2.24) is 15.5 Å². The predicted molar refractivity (Wildman–Crippen MR) is 107 cm³/mol. The summed E-state index contributed by atoms with van der Waals surface area (Å²) in [6, 6.07) is 8.23. The highest BCUT2D eigenvalue weighted by molar-refractivity contribution is 14.0. The third kappa shape index (κ3) is 5.53. The number of ether oxygens (including phenoxy) is 1. The fourth-order valence-corrected chi connectivity index (χ4v) is 2.26. The Hall–Kier alpha value is -1.02. The first kappa shape index (κ1) is 20.0. The summed E-state index contributed by atoms with van der Waals surface area (Å²) in [5.41, 5.74) is 1.35. The number of benzene rings is 1. The van der Waals surface area contributed by atoms with Gasteiger partial charge in [-0.3, -0.25) is 4.99 Å². The first-order valence-corrected chi connectivity index (χ1v) is 7.79. The molecule has 0 bridgehead atoms. The zero-order valence-corrected chi connectivity index (χ0v) is 17.0. The Bertz CT molecular complexity index is 506. The molecule has 1 aliphatic rings. The largest absolute Gasteiger partial charge is 0.488 e. The van der Waals surface area contributed by atoms with Gasteiger partial charge in [0.15, 0.2) is 5.96 Å². The summed E-state index contributed by atoms with van der Waals surface area (Å²) in [6.45, 7) is 5.97. The number of hydrogen-bond acceptors (Lipinski definition) is 3. The molecule has 5 nitrogen and oxygen atoms in total. The predicted octanol–water partition coefficient (Wildman–Crippen LogP) is 2.11. The van der Waals surface area contributed by atoms with E-state index in [2.05, 4.69) is 60.6 Å². The van der Waals surface area contributed by atoms with Crippen LogP contribution in [0.25, 0.3) is 0 Å². The Morgan fingerprint density at radius 2 is 2.00 bits per heavy atom. The zero-order valence-electron chi connectivity index (χ0n) is 14.7. The summed E-state index contributed by atoms with van der Waals surface area (Å²) in [5, 5.41) is 6.73. The zero-order chi connectivity index (χ0) is 16.2. The fraction of sp³-hybridized carbons (Fsp3) is 0.588. The number of rotatable bonds is 5. The minimum atomic E-state index is 0. The number of fused-ring (bicyclic) bond motifs is 1. The summed E-state index contributed by atoms with van der Waals surface area (Å²) in [4.78, 5) is 6.48. The summed E-state index contributed by atoms with van der Waals surface area (Å²) >= 11 is 0. The maximum absolute atomic E-state index is 5.93. The summed E-state index contributed by atoms with van der Waals surface area (Å²) in [6.07, 6.45) is 1.11. The molecule has 0 spiro atoms. The molecule has 0 saturated heterocycles. The SMILES string of the molecule is CN=C(NCC1Cc2ccccc2O1)NCC(C)(C)N(C)C.I. The molecule has 1 atom stereocenters. The van der Waals surface area contributed by atoms with E-state index < -0.39 is 0 Å². The van der Waals surface area contributed by atoms with Crippen LogP contribution in [-0.2, 0) is 6.42 Å². The molecule has 0 amide bonds. The van der Waals surface area contributed by atoms with Crippen molar-refractivity contribution in [3.8, 4) is 5.75 Å². The van der Waals surface area contributed by atoms with E-state index in [1.807, 2.05) is 12.1 Å². The normalized spacial score (nSPS) is 17.3. The molecule has 1 heterocycles. The number of guanidine groups is 1. The molecule has 0 aliphatic carbocycles. The highest BCUT2D eigenvalue weighted by atomic mass is 127. The molecule has 1 aliphatic heterocycles. The minimum Gasteiger partial charge on any atom is -0.488 e. The molecule has 0 radical (unpaired) electrons. The lowest BCUT2D eigenvalue weighted by molar-refractivity contribution is 0.197. The van der Waals surface area contributed by atoms with Gasteiger partial charge in [0.25, 0.3) is 0 Å². The number of para-hydroxylation sites is 1. The van der Waals surface area contributed by atoms with E-state index in [0.29, 0.717) is 0 Å². The molecule has 23 heavy (non-hydrogen) atoms. The Morgan fingerprint density at radius 1 is 1.30 bits per heavy atom. The van der Waals surface area contributed by atoms with Crippen LogP contribution in [0.3, 0.4) is 0 Å². The van der Waals surface area contributed by atoms with Gasteiger partial charge < -0.3 is 20.3 Å². The lowest BCUT2D eigenvalue weighted by atomic mass is 10.0. The van der Waals surface area contributed by atoms with Crippen LogP contribution in [-0.4, -0.2) is 56.7 Å². The van der Waals surface area contributed by atoms with E-state index in [-0.39, 0.29) is 35.6 Å². The van der Waals surface area contributed by atoms with Crippen molar-refractivity contribution in [2.75, 3.05) is 34.2 Å². The second kappa shape index (κ2) is 8.73. The number of hydrogen-bond donors (Lipinski definition) is 2. The van der Waals surface area contributed by atoms with Gasteiger partial charge in [0, 0.05) is 25.6 Å². The first-order chi connectivity index (χ1) is 10.4. The summed E-state index contributed by atoms with van der Waals surface area (Å²) < 4.78 is 5.93. The molecule has 2 rings (SSSR count). The third-order valence-electron chi connectivity index (χ3n) is 4.33. The lowest BCUT2D eigenvalue weighted by Crippen LogP contribution is -2.51.